The molecule has 3 aromatic rings. The molecule has 3 aromatic heterocycles. The van der Waals surface area contributed by atoms with Gasteiger partial charge in [-0.1, -0.05) is 19.0 Å². The number of hydrogen-bond donors (Lipinski definition) is 0. The van der Waals surface area contributed by atoms with E-state index in [1.807, 2.05) is 29.5 Å². The third-order valence-electron chi connectivity index (χ3n) is 5.82. The fraction of sp³-hybridized carbons (Fsp3) is 0.571. The SMILES string of the molecule is Cc1cc(C(=O)N2CCn3nc(C4CC4)nc3[C@@H]2CC(C)C)c2c(C)noc2n1. The van der Waals surface area contributed by atoms with Gasteiger partial charge in [-0.15, -0.1) is 0 Å². The second-order valence-electron chi connectivity index (χ2n) is 8.73. The minimum atomic E-state index is -0.0834. The minimum absolute atomic E-state index is 0.0142. The van der Waals surface area contributed by atoms with Crippen LogP contribution in [-0.2, 0) is 6.54 Å². The topological polar surface area (TPSA) is 89.9 Å². The van der Waals surface area contributed by atoms with Crippen LogP contribution in [0.1, 0.15) is 78.5 Å². The summed E-state index contributed by atoms with van der Waals surface area (Å²) in [6.07, 6.45) is 3.19. The van der Waals surface area contributed by atoms with E-state index in [4.69, 9.17) is 14.6 Å². The highest BCUT2D eigenvalue weighted by Gasteiger charge is 2.38. The van der Waals surface area contributed by atoms with Crippen molar-refractivity contribution in [2.24, 2.45) is 5.92 Å². The molecule has 8 nitrogen and oxygen atoms in total. The van der Waals surface area contributed by atoms with Gasteiger partial charge in [0, 0.05) is 18.2 Å². The number of fused-ring (bicyclic) bond motifs is 2. The largest absolute Gasteiger partial charge is 0.336 e. The van der Waals surface area contributed by atoms with E-state index in [1.165, 1.54) is 12.8 Å². The van der Waals surface area contributed by atoms with E-state index in [1.54, 1.807) is 0 Å². The summed E-state index contributed by atoms with van der Waals surface area (Å²) in [4.78, 5) is 25.0. The molecule has 1 aliphatic carbocycles. The van der Waals surface area contributed by atoms with E-state index in [0.29, 0.717) is 47.3 Å². The van der Waals surface area contributed by atoms with Crippen molar-refractivity contribution < 1.29 is 9.32 Å². The number of nitrogens with zero attached hydrogens (tertiary/aromatic N) is 6. The maximum atomic E-state index is 13.7. The smallest absolute Gasteiger partial charge is 0.258 e. The Hall–Kier alpha value is -2.77. The van der Waals surface area contributed by atoms with Crippen LogP contribution in [0.4, 0.5) is 0 Å². The highest BCUT2D eigenvalue weighted by Crippen LogP contribution is 2.40. The molecule has 5 rings (SSSR count). The van der Waals surface area contributed by atoms with Crippen LogP contribution >= 0.6 is 0 Å². The summed E-state index contributed by atoms with van der Waals surface area (Å²) in [5.74, 6) is 2.78. The van der Waals surface area contributed by atoms with Gasteiger partial charge in [-0.2, -0.15) is 5.10 Å². The van der Waals surface area contributed by atoms with Crippen molar-refractivity contribution >= 4 is 17.0 Å². The molecule has 1 amide bonds. The van der Waals surface area contributed by atoms with Crippen molar-refractivity contribution in [1.82, 2.24) is 29.8 Å². The first-order valence-corrected chi connectivity index (χ1v) is 10.4. The molecule has 0 saturated heterocycles. The number of carbonyl (C=O) groups excluding carboxylic acids is 1. The van der Waals surface area contributed by atoms with Crippen LogP contribution in [0.25, 0.3) is 11.1 Å². The highest BCUT2D eigenvalue weighted by molar-refractivity contribution is 6.06. The first kappa shape index (κ1) is 18.3. The van der Waals surface area contributed by atoms with Gasteiger partial charge in [0.1, 0.15) is 5.82 Å². The summed E-state index contributed by atoms with van der Waals surface area (Å²) < 4.78 is 7.35. The number of hydrogen-bond acceptors (Lipinski definition) is 6. The van der Waals surface area contributed by atoms with Crippen molar-refractivity contribution in [3.8, 4) is 0 Å². The third-order valence-corrected chi connectivity index (χ3v) is 5.82. The Labute approximate surface area is 169 Å². The number of amides is 1. The van der Waals surface area contributed by atoms with Gasteiger partial charge in [0.15, 0.2) is 5.82 Å². The molecule has 0 unspecified atom stereocenters. The molecular weight excluding hydrogens is 368 g/mol. The molecule has 1 fully saturated rings. The highest BCUT2D eigenvalue weighted by atomic mass is 16.5. The van der Waals surface area contributed by atoms with Gasteiger partial charge in [0.25, 0.3) is 11.6 Å². The molecule has 0 radical (unpaired) electrons. The number of aromatic nitrogens is 5. The second-order valence-corrected chi connectivity index (χ2v) is 8.73. The number of carbonyl (C=O) groups is 1. The maximum Gasteiger partial charge on any atom is 0.258 e. The van der Waals surface area contributed by atoms with E-state index >= 15 is 0 Å². The molecule has 0 bridgehead atoms. The Morgan fingerprint density at radius 3 is 2.76 bits per heavy atom. The lowest BCUT2D eigenvalue weighted by Gasteiger charge is -2.36. The Balaban J connectivity index is 1.57. The van der Waals surface area contributed by atoms with Gasteiger partial charge in [0.05, 0.1) is 29.2 Å². The van der Waals surface area contributed by atoms with E-state index in [9.17, 15) is 4.79 Å². The molecule has 0 spiro atoms. The molecule has 0 N–H and O–H groups in total. The Morgan fingerprint density at radius 2 is 2.03 bits per heavy atom. The lowest BCUT2D eigenvalue weighted by atomic mass is 9.98. The molecule has 0 aromatic carbocycles. The molecule has 8 heteroatoms. The lowest BCUT2D eigenvalue weighted by molar-refractivity contribution is 0.0580. The standard InChI is InChI=1S/C21H26N6O2/c1-11(2)9-16-19-23-18(14-5-6-14)24-27(19)8-7-26(16)21(28)15-10-12(3)22-20-17(15)13(4)25-29-20/h10-11,14,16H,5-9H2,1-4H3/t16-/m0/s1. The van der Waals surface area contributed by atoms with Crippen molar-refractivity contribution in [3.63, 3.8) is 0 Å². The average Bonchev–Trinajstić information content (AvgIpc) is 3.33. The van der Waals surface area contributed by atoms with Crippen molar-refractivity contribution in [2.45, 2.75) is 65.5 Å². The fourth-order valence-electron chi connectivity index (χ4n) is 4.26. The summed E-state index contributed by atoms with van der Waals surface area (Å²) in [7, 11) is 0. The molecular formula is C21H26N6O2. The predicted molar refractivity (Wildman–Crippen MR) is 107 cm³/mol. The zero-order valence-electron chi connectivity index (χ0n) is 17.3. The monoisotopic (exact) mass is 394 g/mol. The van der Waals surface area contributed by atoms with Crippen LogP contribution in [0.15, 0.2) is 10.6 Å². The molecule has 4 heterocycles. The second kappa shape index (κ2) is 6.64. The van der Waals surface area contributed by atoms with Crippen molar-refractivity contribution in [2.75, 3.05) is 6.54 Å². The molecule has 29 heavy (non-hydrogen) atoms. The normalized spacial score (nSPS) is 19.2. The van der Waals surface area contributed by atoms with Crippen LogP contribution < -0.4 is 0 Å². The fourth-order valence-corrected chi connectivity index (χ4v) is 4.26. The van der Waals surface area contributed by atoms with Gasteiger partial charge >= 0.3 is 0 Å². The maximum absolute atomic E-state index is 13.7. The van der Waals surface area contributed by atoms with Crippen molar-refractivity contribution in [1.29, 1.82) is 0 Å². The third kappa shape index (κ3) is 3.10. The zero-order chi connectivity index (χ0) is 20.3. The van der Waals surface area contributed by atoms with Gasteiger partial charge in [0.2, 0.25) is 0 Å². The average molecular weight is 394 g/mol. The van der Waals surface area contributed by atoms with Crippen LogP contribution in [0.5, 0.6) is 0 Å². The Morgan fingerprint density at radius 1 is 1.24 bits per heavy atom. The quantitative estimate of drug-likeness (QED) is 0.672. The van der Waals surface area contributed by atoms with Gasteiger partial charge in [-0.05, 0) is 45.1 Å². The zero-order valence-corrected chi connectivity index (χ0v) is 17.3. The minimum Gasteiger partial charge on any atom is -0.336 e. The Kier molecular flexibility index (Phi) is 4.18. The van der Waals surface area contributed by atoms with E-state index in [0.717, 1.165) is 23.8 Å². The molecule has 2 aliphatic rings. The summed E-state index contributed by atoms with van der Waals surface area (Å²) in [6.45, 7) is 9.36. The van der Waals surface area contributed by atoms with Crippen LogP contribution in [0.2, 0.25) is 0 Å². The summed E-state index contributed by atoms with van der Waals surface area (Å²) in [6, 6.07) is 1.76. The Bertz CT molecular complexity index is 1090. The van der Waals surface area contributed by atoms with Crippen LogP contribution in [0, 0.1) is 19.8 Å². The predicted octanol–water partition coefficient (Wildman–Crippen LogP) is 3.55. The van der Waals surface area contributed by atoms with E-state index < -0.39 is 0 Å². The molecule has 1 aliphatic heterocycles. The van der Waals surface area contributed by atoms with Crippen LogP contribution in [-0.4, -0.2) is 42.3 Å². The van der Waals surface area contributed by atoms with Crippen LogP contribution in [0.3, 0.4) is 0 Å². The first-order valence-electron chi connectivity index (χ1n) is 10.4. The first-order chi connectivity index (χ1) is 13.9. The van der Waals surface area contributed by atoms with E-state index in [-0.39, 0.29) is 11.9 Å². The number of rotatable bonds is 4. The number of pyridine rings is 1. The van der Waals surface area contributed by atoms with E-state index in [2.05, 4.69) is 24.0 Å². The molecule has 1 saturated carbocycles. The molecule has 1 atom stereocenters. The lowest BCUT2D eigenvalue weighted by Crippen LogP contribution is -2.43. The van der Waals surface area contributed by atoms with Gasteiger partial charge < -0.3 is 9.42 Å². The van der Waals surface area contributed by atoms with Gasteiger partial charge in [-0.25, -0.2) is 14.6 Å². The molecule has 152 valence electrons. The van der Waals surface area contributed by atoms with Crippen molar-refractivity contribution in [3.05, 3.63) is 34.7 Å². The summed E-state index contributed by atoms with van der Waals surface area (Å²) in [5, 5.41) is 9.47. The number of aryl methyl sites for hydroxylation is 2. The van der Waals surface area contributed by atoms with Gasteiger partial charge in [-0.3, -0.25) is 4.79 Å². The summed E-state index contributed by atoms with van der Waals surface area (Å²) >= 11 is 0. The summed E-state index contributed by atoms with van der Waals surface area (Å²) in [5.41, 5.74) is 2.46.